The van der Waals surface area contributed by atoms with Gasteiger partial charge in [-0.15, -0.1) is 11.3 Å². The largest absolute Gasteiger partial charge is 0.464 e. The monoisotopic (exact) mass is 1120 g/mol. The van der Waals surface area contributed by atoms with E-state index in [-0.39, 0.29) is 89.7 Å². The Labute approximate surface area is 468 Å². The first kappa shape index (κ1) is 57.4. The minimum atomic E-state index is -0.714. The number of benzene rings is 2. The van der Waals surface area contributed by atoms with Gasteiger partial charge in [0.05, 0.1) is 66.2 Å². The predicted molar refractivity (Wildman–Crippen MR) is 308 cm³/mol. The summed E-state index contributed by atoms with van der Waals surface area (Å²) in [6, 6.07) is 15.5. The van der Waals surface area contributed by atoms with Crippen molar-refractivity contribution in [3.63, 3.8) is 0 Å². The quantitative estimate of drug-likeness (QED) is 0.0916. The van der Waals surface area contributed by atoms with E-state index in [0.717, 1.165) is 86.5 Å². The smallest absolute Gasteiger partial charge is 0.407 e. The highest BCUT2D eigenvalue weighted by Gasteiger charge is 2.41. The van der Waals surface area contributed by atoms with Crippen LogP contribution in [0, 0.1) is 18.8 Å². The van der Waals surface area contributed by atoms with Crippen molar-refractivity contribution < 1.29 is 38.1 Å². The lowest BCUT2D eigenvalue weighted by Crippen LogP contribution is -2.53. The molecule has 4 aliphatic heterocycles. The third-order valence-electron chi connectivity index (χ3n) is 15.1. The first-order chi connectivity index (χ1) is 34.5. The Morgan fingerprint density at radius 3 is 1.97 bits per heavy atom. The number of amides is 4. The second-order valence-corrected chi connectivity index (χ2v) is 21.1. The summed E-state index contributed by atoms with van der Waals surface area (Å²) in [4.78, 5) is 75.8. The van der Waals surface area contributed by atoms with Gasteiger partial charge in [0.2, 0.25) is 18.0 Å². The number of hydrogen-bond donors (Lipinski definition) is 4. The number of thiophene rings is 1. The topological polar surface area (TPSA) is 198 Å². The molecule has 5 aliphatic rings. The Hall–Kier alpha value is -5.26. The first-order valence-corrected chi connectivity index (χ1v) is 25.8. The molecule has 5 atom stereocenters. The summed E-state index contributed by atoms with van der Waals surface area (Å²) in [5, 5.41) is 6.64. The number of carbonyl (C=O) groups is 4. The van der Waals surface area contributed by atoms with Crippen molar-refractivity contribution in [2.24, 2.45) is 11.8 Å². The van der Waals surface area contributed by atoms with Gasteiger partial charge in [0.25, 0.3) is 0 Å². The summed E-state index contributed by atoms with van der Waals surface area (Å²) in [7, 11) is 2.61. The van der Waals surface area contributed by atoms with Crippen LogP contribution in [0.15, 0.2) is 60.9 Å². The van der Waals surface area contributed by atoms with Crippen molar-refractivity contribution >= 4 is 100 Å². The molecule has 17 nitrogen and oxygen atoms in total. The van der Waals surface area contributed by atoms with Crippen LogP contribution in [0.2, 0.25) is 0 Å². The Kier molecular flexibility index (Phi) is 18.4. The molecule has 8 heterocycles. The maximum absolute atomic E-state index is 14.3. The number of methoxy groups -OCH3 is 2. The normalized spacial score (nSPS) is 19.8. The lowest BCUT2D eigenvalue weighted by Gasteiger charge is -2.34. The number of aromatic nitrogens is 5. The van der Waals surface area contributed by atoms with E-state index in [1.807, 2.05) is 47.4 Å². The fraction of sp³-hybridized carbons (Fsp3) is 0.472. The zero-order chi connectivity index (χ0) is 49.1. The number of rotatable bonds is 12. The molecule has 4 aromatic heterocycles. The highest BCUT2D eigenvalue weighted by atomic mass is 32.1. The number of fused-ring (bicyclic) bond motifs is 5. The first-order valence-electron chi connectivity index (χ1n) is 25.0. The van der Waals surface area contributed by atoms with Gasteiger partial charge < -0.3 is 49.3 Å². The van der Waals surface area contributed by atoms with Crippen molar-refractivity contribution in [2.45, 2.75) is 108 Å². The second-order valence-electron chi connectivity index (χ2n) is 20.0. The van der Waals surface area contributed by atoms with E-state index in [1.54, 1.807) is 0 Å². The molecular weight excluding hydrogens is 1050 g/mol. The molecule has 1 aliphatic carbocycles. The molecule has 22 heteroatoms. The van der Waals surface area contributed by atoms with Crippen molar-refractivity contribution in [3.05, 3.63) is 87.9 Å². The highest BCUT2D eigenvalue weighted by molar-refractivity contribution is 7.59. The average Bonchev–Trinajstić information content (AvgIpc) is 4.11. The van der Waals surface area contributed by atoms with Gasteiger partial charge in [0, 0.05) is 53.3 Å². The van der Waals surface area contributed by atoms with Crippen LogP contribution in [0.25, 0.3) is 44.7 Å². The molecule has 2 aromatic carbocycles. The van der Waals surface area contributed by atoms with E-state index in [9.17, 15) is 19.2 Å². The Morgan fingerprint density at radius 1 is 0.733 bits per heavy atom. The van der Waals surface area contributed by atoms with Crippen LogP contribution in [-0.2, 0) is 23.8 Å². The van der Waals surface area contributed by atoms with Gasteiger partial charge in [0.15, 0.2) is 0 Å². The molecule has 11 rings (SSSR count). The SMILES string of the molecule is COC(=O)N[C@H](C(=O)N1CCC[C@H]1c1ncc(-c2ccc3c(c2)cc2n3C(c3ccc(C4CC4)s3)Oc3cc(-c4cnc([C@@H]5CCCN5C(=O)[C@@H](NC(=O)OC)C5CCOCC5)[nH]4)cc(C)c3-2)[nH]1)C(C)C.S.S.S.S. The van der Waals surface area contributed by atoms with Crippen LogP contribution in [-0.4, -0.2) is 111 Å². The predicted octanol–water partition coefficient (Wildman–Crippen LogP) is 9.59. The molecule has 0 spiro atoms. The van der Waals surface area contributed by atoms with Crippen LogP contribution < -0.4 is 15.4 Å². The number of carbonyl (C=O) groups excluding carboxylic acids is 4. The van der Waals surface area contributed by atoms with Crippen LogP contribution in [0.1, 0.15) is 116 Å². The van der Waals surface area contributed by atoms with Crippen molar-refractivity contribution in [1.29, 1.82) is 0 Å². The minimum Gasteiger partial charge on any atom is -0.464 e. The summed E-state index contributed by atoms with van der Waals surface area (Å²) < 4.78 is 24.8. The number of H-pyrrole nitrogens is 2. The molecule has 0 radical (unpaired) electrons. The van der Waals surface area contributed by atoms with E-state index < -0.39 is 30.5 Å². The average molecular weight is 1120 g/mol. The fourth-order valence-corrected chi connectivity index (χ4v) is 12.4. The van der Waals surface area contributed by atoms with Crippen molar-refractivity contribution in [2.75, 3.05) is 40.5 Å². The number of aryl methyl sites for hydroxylation is 1. The van der Waals surface area contributed by atoms with Gasteiger partial charge >= 0.3 is 12.2 Å². The Morgan fingerprint density at radius 2 is 1.35 bits per heavy atom. The zero-order valence-electron chi connectivity index (χ0n) is 42.8. The molecular formula is C53H69N9O8S5. The van der Waals surface area contributed by atoms with Gasteiger partial charge in [0.1, 0.15) is 29.5 Å². The van der Waals surface area contributed by atoms with Gasteiger partial charge in [-0.25, -0.2) is 19.6 Å². The number of nitrogens with zero attached hydrogens (tertiary/aromatic N) is 5. The maximum Gasteiger partial charge on any atom is 0.407 e. The lowest BCUT2D eigenvalue weighted by atomic mass is 9.90. The third kappa shape index (κ3) is 11.1. The number of hydrogen-bond acceptors (Lipinski definition) is 11. The number of imidazole rings is 2. The molecule has 1 unspecified atom stereocenters. The highest BCUT2D eigenvalue weighted by Crippen LogP contribution is 2.50. The third-order valence-corrected chi connectivity index (χ3v) is 16.4. The molecule has 4 amide bonds. The fourth-order valence-electron chi connectivity index (χ4n) is 11.2. The van der Waals surface area contributed by atoms with Crippen LogP contribution in [0.4, 0.5) is 9.59 Å². The van der Waals surface area contributed by atoms with Crippen molar-refractivity contribution in [1.82, 2.24) is 44.9 Å². The molecule has 404 valence electrons. The molecule has 3 saturated heterocycles. The minimum absolute atomic E-state index is 0. The van der Waals surface area contributed by atoms with E-state index in [2.05, 4.69) is 80.6 Å². The summed E-state index contributed by atoms with van der Waals surface area (Å²) in [6.45, 7) is 8.18. The van der Waals surface area contributed by atoms with Crippen LogP contribution in [0.3, 0.4) is 0 Å². The molecule has 4 fully saturated rings. The van der Waals surface area contributed by atoms with E-state index in [0.29, 0.717) is 56.7 Å². The standard InChI is InChI=1S/C53H61N9O8S.4H2S/c1-28(2)45(58-52(65)67-4)49(63)60-18-6-8-38(60)47-54-26-35(56-47)32-12-13-37-34(23-32)24-40-44-29(3)22-33(25-41(44)70-51(62(37)40)43-15-14-42(71-43)30-10-11-30)36-27-55-48(57-36)39-9-7-19-61(39)50(64)46(59-53(66)68-5)31-16-20-69-21-17-31;;;;/h12-15,22-28,30-31,38-39,45-46,51H,6-11,16-21H2,1-5H3,(H,54,56)(H,55,57)(H,58,65)(H,59,66);4*1H2/t38-,39-,45-,46-,51?;;;;/m0..../s1. The summed E-state index contributed by atoms with van der Waals surface area (Å²) >= 11 is 1.83. The summed E-state index contributed by atoms with van der Waals surface area (Å²) in [5.41, 5.74) is 7.73. The van der Waals surface area contributed by atoms with Crippen molar-refractivity contribution in [3.8, 4) is 39.5 Å². The second kappa shape index (κ2) is 24.0. The summed E-state index contributed by atoms with van der Waals surface area (Å²) in [6.07, 6.45) is 8.98. The van der Waals surface area contributed by atoms with E-state index in [1.165, 1.54) is 31.9 Å². The van der Waals surface area contributed by atoms with E-state index >= 15 is 0 Å². The van der Waals surface area contributed by atoms with E-state index in [4.69, 9.17) is 28.9 Å². The van der Waals surface area contributed by atoms with Gasteiger partial charge in [-0.3, -0.25) is 14.2 Å². The van der Waals surface area contributed by atoms with Gasteiger partial charge in [-0.1, -0.05) is 19.9 Å². The zero-order valence-corrected chi connectivity index (χ0v) is 47.6. The molecule has 0 bridgehead atoms. The molecule has 1 saturated carbocycles. The number of likely N-dealkylation sites (tertiary alicyclic amines) is 2. The number of aromatic amines is 2. The number of nitrogens with one attached hydrogen (secondary N) is 4. The van der Waals surface area contributed by atoms with Gasteiger partial charge in [-0.05, 0) is 124 Å². The number of ether oxygens (including phenoxy) is 4. The number of alkyl carbamates (subject to hydrolysis) is 2. The Balaban J connectivity index is 0.00000205. The maximum atomic E-state index is 14.3. The van der Waals surface area contributed by atoms with Gasteiger partial charge in [-0.2, -0.15) is 54.0 Å². The molecule has 6 aromatic rings. The van der Waals surface area contributed by atoms with Crippen LogP contribution >= 0.6 is 65.3 Å². The molecule has 4 N–H and O–H groups in total. The van der Waals surface area contributed by atoms with Crippen LogP contribution in [0.5, 0.6) is 5.75 Å². The molecule has 75 heavy (non-hydrogen) atoms. The lowest BCUT2D eigenvalue weighted by molar-refractivity contribution is -0.137. The Bertz CT molecular complexity index is 3020. The summed E-state index contributed by atoms with van der Waals surface area (Å²) in [5.74, 6) is 2.35.